The first kappa shape index (κ1) is 11.6. The molecule has 88 valence electrons. The molecule has 2 heteroatoms. The van der Waals surface area contributed by atoms with E-state index in [1.165, 1.54) is 18.6 Å². The van der Waals surface area contributed by atoms with Crippen LogP contribution in [0.5, 0.6) is 0 Å². The molecule has 2 rings (SSSR count). The van der Waals surface area contributed by atoms with E-state index in [1.54, 1.807) is 12.1 Å². The van der Waals surface area contributed by atoms with Gasteiger partial charge in [-0.1, -0.05) is 31.9 Å². The highest BCUT2D eigenvalue weighted by Gasteiger charge is 2.35. The molecule has 16 heavy (non-hydrogen) atoms. The minimum atomic E-state index is -0.587. The maximum atomic E-state index is 12.8. The van der Waals surface area contributed by atoms with Crippen LogP contribution in [0.25, 0.3) is 0 Å². The van der Waals surface area contributed by atoms with Crippen molar-refractivity contribution >= 4 is 0 Å². The second kappa shape index (κ2) is 4.54. The van der Waals surface area contributed by atoms with Gasteiger partial charge in [-0.25, -0.2) is 4.39 Å². The van der Waals surface area contributed by atoms with Gasteiger partial charge in [0.25, 0.3) is 0 Å². The van der Waals surface area contributed by atoms with Crippen molar-refractivity contribution in [3.8, 4) is 0 Å². The molecule has 1 aliphatic carbocycles. The highest BCUT2D eigenvalue weighted by molar-refractivity contribution is 5.18. The fraction of sp³-hybridized carbons (Fsp3) is 0.571. The van der Waals surface area contributed by atoms with Crippen LogP contribution in [0.2, 0.25) is 0 Å². The lowest BCUT2D eigenvalue weighted by atomic mass is 9.73. The Morgan fingerprint density at radius 2 is 2.00 bits per heavy atom. The Labute approximate surface area is 96.3 Å². The first-order chi connectivity index (χ1) is 7.60. The van der Waals surface area contributed by atoms with Crippen LogP contribution in [0, 0.1) is 11.7 Å². The fourth-order valence-corrected chi connectivity index (χ4v) is 2.62. The molecule has 0 saturated heterocycles. The average Bonchev–Trinajstić information content (AvgIpc) is 2.26. The minimum Gasteiger partial charge on any atom is -0.389 e. The lowest BCUT2D eigenvalue weighted by Gasteiger charge is -2.38. The number of halogens is 1. The Kier molecular flexibility index (Phi) is 3.29. The van der Waals surface area contributed by atoms with E-state index < -0.39 is 5.60 Å². The summed E-state index contributed by atoms with van der Waals surface area (Å²) in [5.74, 6) is 0.124. The molecule has 1 N–H and O–H groups in total. The summed E-state index contributed by atoms with van der Waals surface area (Å²) in [6.07, 6.45) is 4.92. The van der Waals surface area contributed by atoms with Gasteiger partial charge in [-0.2, -0.15) is 0 Å². The molecule has 1 saturated carbocycles. The van der Waals surface area contributed by atoms with E-state index in [1.807, 2.05) is 0 Å². The first-order valence-electron chi connectivity index (χ1n) is 6.07. The van der Waals surface area contributed by atoms with Crippen molar-refractivity contribution in [2.24, 2.45) is 5.92 Å². The van der Waals surface area contributed by atoms with Gasteiger partial charge in [-0.15, -0.1) is 0 Å². The standard InChI is InChI=1S/C14H19FO/c1-11-4-2-3-9-14(11,16)10-12-5-7-13(15)8-6-12/h5-8,11,16H,2-4,9-10H2,1H3. The topological polar surface area (TPSA) is 20.2 Å². The normalized spacial score (nSPS) is 30.3. The van der Waals surface area contributed by atoms with E-state index in [-0.39, 0.29) is 5.82 Å². The van der Waals surface area contributed by atoms with Crippen LogP contribution in [0.4, 0.5) is 4.39 Å². The van der Waals surface area contributed by atoms with Gasteiger partial charge < -0.3 is 5.11 Å². The Morgan fingerprint density at radius 3 is 2.62 bits per heavy atom. The molecular weight excluding hydrogens is 203 g/mol. The molecule has 0 aliphatic heterocycles. The predicted octanol–water partition coefficient (Wildman–Crippen LogP) is 3.31. The van der Waals surface area contributed by atoms with E-state index in [9.17, 15) is 9.50 Å². The third-order valence-electron chi connectivity index (χ3n) is 3.84. The smallest absolute Gasteiger partial charge is 0.123 e. The highest BCUT2D eigenvalue weighted by Crippen LogP contribution is 2.35. The monoisotopic (exact) mass is 222 g/mol. The third-order valence-corrected chi connectivity index (χ3v) is 3.84. The Balaban J connectivity index is 2.10. The molecule has 0 amide bonds. The van der Waals surface area contributed by atoms with Gasteiger partial charge >= 0.3 is 0 Å². The summed E-state index contributed by atoms with van der Waals surface area (Å²) >= 11 is 0. The van der Waals surface area contributed by atoms with Crippen molar-refractivity contribution in [3.63, 3.8) is 0 Å². The number of hydrogen-bond donors (Lipinski definition) is 1. The zero-order chi connectivity index (χ0) is 11.6. The molecule has 1 aromatic carbocycles. The number of hydrogen-bond acceptors (Lipinski definition) is 1. The summed E-state index contributed by atoms with van der Waals surface area (Å²) in [6.45, 7) is 2.11. The molecule has 1 aliphatic rings. The van der Waals surface area contributed by atoms with E-state index in [0.29, 0.717) is 12.3 Å². The molecular formula is C14H19FO. The van der Waals surface area contributed by atoms with Crippen molar-refractivity contribution in [1.29, 1.82) is 0 Å². The molecule has 0 radical (unpaired) electrons. The molecule has 2 unspecified atom stereocenters. The van der Waals surface area contributed by atoms with Gasteiger partial charge in [-0.3, -0.25) is 0 Å². The van der Waals surface area contributed by atoms with Crippen molar-refractivity contribution in [2.45, 2.75) is 44.6 Å². The van der Waals surface area contributed by atoms with Crippen LogP contribution >= 0.6 is 0 Å². The van der Waals surface area contributed by atoms with Crippen LogP contribution in [-0.4, -0.2) is 10.7 Å². The summed E-state index contributed by atoms with van der Waals surface area (Å²) in [6, 6.07) is 6.47. The van der Waals surface area contributed by atoms with Gasteiger partial charge in [0.15, 0.2) is 0 Å². The summed E-state index contributed by atoms with van der Waals surface area (Å²) in [7, 11) is 0. The molecule has 1 nitrogen and oxygen atoms in total. The maximum Gasteiger partial charge on any atom is 0.123 e. The summed E-state index contributed by atoms with van der Waals surface area (Å²) in [5, 5.41) is 10.6. The lowest BCUT2D eigenvalue weighted by molar-refractivity contribution is -0.0405. The Hall–Kier alpha value is -0.890. The van der Waals surface area contributed by atoms with E-state index in [0.717, 1.165) is 24.8 Å². The van der Waals surface area contributed by atoms with E-state index in [2.05, 4.69) is 6.92 Å². The summed E-state index contributed by atoms with van der Waals surface area (Å²) in [5.41, 5.74) is 0.438. The second-order valence-electron chi connectivity index (χ2n) is 5.05. The molecule has 1 aromatic rings. The van der Waals surface area contributed by atoms with Crippen molar-refractivity contribution < 1.29 is 9.50 Å². The van der Waals surface area contributed by atoms with Crippen molar-refractivity contribution in [2.75, 3.05) is 0 Å². The second-order valence-corrected chi connectivity index (χ2v) is 5.05. The lowest BCUT2D eigenvalue weighted by Crippen LogP contribution is -2.41. The van der Waals surface area contributed by atoms with E-state index >= 15 is 0 Å². The first-order valence-corrected chi connectivity index (χ1v) is 6.07. The maximum absolute atomic E-state index is 12.8. The van der Waals surface area contributed by atoms with Gasteiger partial charge in [0, 0.05) is 6.42 Å². The Bertz CT molecular complexity index is 346. The SMILES string of the molecule is CC1CCCCC1(O)Cc1ccc(F)cc1. The van der Waals surface area contributed by atoms with Crippen molar-refractivity contribution in [3.05, 3.63) is 35.6 Å². The van der Waals surface area contributed by atoms with Crippen LogP contribution in [0.15, 0.2) is 24.3 Å². The number of aliphatic hydroxyl groups is 1. The highest BCUT2D eigenvalue weighted by atomic mass is 19.1. The van der Waals surface area contributed by atoms with E-state index in [4.69, 9.17) is 0 Å². The molecule has 0 aromatic heterocycles. The van der Waals surface area contributed by atoms with Gasteiger partial charge in [0.05, 0.1) is 5.60 Å². The molecule has 0 bridgehead atoms. The zero-order valence-corrected chi connectivity index (χ0v) is 9.75. The van der Waals surface area contributed by atoms with Crippen LogP contribution in [0.3, 0.4) is 0 Å². The Morgan fingerprint density at radius 1 is 1.31 bits per heavy atom. The summed E-state index contributed by atoms with van der Waals surface area (Å²) < 4.78 is 12.8. The number of benzene rings is 1. The number of rotatable bonds is 2. The van der Waals surface area contributed by atoms with Gasteiger partial charge in [0.2, 0.25) is 0 Å². The summed E-state index contributed by atoms with van der Waals surface area (Å²) in [4.78, 5) is 0. The minimum absolute atomic E-state index is 0.215. The molecule has 0 heterocycles. The van der Waals surface area contributed by atoms with Gasteiger partial charge in [-0.05, 0) is 36.5 Å². The van der Waals surface area contributed by atoms with Gasteiger partial charge in [0.1, 0.15) is 5.82 Å². The zero-order valence-electron chi connectivity index (χ0n) is 9.75. The van der Waals surface area contributed by atoms with Crippen LogP contribution in [-0.2, 0) is 6.42 Å². The van der Waals surface area contributed by atoms with Crippen LogP contribution < -0.4 is 0 Å². The fourth-order valence-electron chi connectivity index (χ4n) is 2.62. The third kappa shape index (κ3) is 2.43. The van der Waals surface area contributed by atoms with Crippen molar-refractivity contribution in [1.82, 2.24) is 0 Å². The van der Waals surface area contributed by atoms with Crippen LogP contribution in [0.1, 0.15) is 38.2 Å². The largest absolute Gasteiger partial charge is 0.389 e. The molecule has 2 atom stereocenters. The predicted molar refractivity (Wildman–Crippen MR) is 62.7 cm³/mol. The average molecular weight is 222 g/mol. The molecule has 0 spiro atoms. The quantitative estimate of drug-likeness (QED) is 0.814. The molecule has 1 fully saturated rings.